The highest BCUT2D eigenvalue weighted by Crippen LogP contribution is 2.27. The standard InChI is InChI=1S/C18H26N2O.ClH/c1-13-10-17(8-9-19-13)20-18(21)12-14-6-7-15-4-2-3-5-16(15)11-14;/h2-5,13-14,17,19H,6-12H2,1H3,(H,20,21);1H. The number of carbonyl (C=O) groups excluding carboxylic acids is 1. The summed E-state index contributed by atoms with van der Waals surface area (Å²) in [6.45, 7) is 3.21. The van der Waals surface area contributed by atoms with Gasteiger partial charge in [-0.3, -0.25) is 4.79 Å². The van der Waals surface area contributed by atoms with Gasteiger partial charge in [0.25, 0.3) is 0 Å². The second kappa shape index (κ2) is 7.98. The smallest absolute Gasteiger partial charge is 0.220 e. The van der Waals surface area contributed by atoms with E-state index in [1.807, 2.05) is 0 Å². The van der Waals surface area contributed by atoms with Crippen molar-refractivity contribution in [3.05, 3.63) is 35.4 Å². The third-order valence-corrected chi connectivity index (χ3v) is 4.91. The van der Waals surface area contributed by atoms with Crippen LogP contribution in [0.1, 0.15) is 43.7 Å². The average molecular weight is 323 g/mol. The molecule has 1 heterocycles. The van der Waals surface area contributed by atoms with E-state index in [9.17, 15) is 4.79 Å². The Kier molecular flexibility index (Phi) is 6.27. The fourth-order valence-electron chi connectivity index (χ4n) is 3.76. The molecule has 0 radical (unpaired) electrons. The van der Waals surface area contributed by atoms with Crippen molar-refractivity contribution in [1.29, 1.82) is 0 Å². The van der Waals surface area contributed by atoms with Crippen molar-refractivity contribution in [2.75, 3.05) is 6.54 Å². The summed E-state index contributed by atoms with van der Waals surface area (Å²) in [6.07, 6.45) is 6.13. The van der Waals surface area contributed by atoms with Crippen molar-refractivity contribution >= 4 is 18.3 Å². The Hall–Kier alpha value is -1.06. The number of halogens is 1. The summed E-state index contributed by atoms with van der Waals surface area (Å²) >= 11 is 0. The maximum atomic E-state index is 12.3. The molecule has 0 aromatic heterocycles. The number of amides is 1. The normalized spacial score (nSPS) is 27.4. The average Bonchev–Trinajstić information content (AvgIpc) is 2.47. The molecule has 0 spiro atoms. The molecule has 122 valence electrons. The highest BCUT2D eigenvalue weighted by molar-refractivity contribution is 5.85. The molecule has 3 rings (SSSR count). The van der Waals surface area contributed by atoms with Crippen molar-refractivity contribution in [2.45, 2.75) is 57.5 Å². The molecule has 1 fully saturated rings. The summed E-state index contributed by atoms with van der Waals surface area (Å²) < 4.78 is 0. The Bertz CT molecular complexity index is 506. The summed E-state index contributed by atoms with van der Waals surface area (Å²) in [7, 11) is 0. The summed E-state index contributed by atoms with van der Waals surface area (Å²) in [5, 5.41) is 6.67. The van der Waals surface area contributed by atoms with Crippen molar-refractivity contribution in [3.63, 3.8) is 0 Å². The van der Waals surface area contributed by atoms with E-state index in [0.29, 0.717) is 24.4 Å². The Morgan fingerprint density at radius 2 is 2.05 bits per heavy atom. The van der Waals surface area contributed by atoms with Gasteiger partial charge in [0, 0.05) is 18.5 Å². The van der Waals surface area contributed by atoms with Gasteiger partial charge in [0.1, 0.15) is 0 Å². The zero-order chi connectivity index (χ0) is 14.7. The van der Waals surface area contributed by atoms with Gasteiger partial charge in [-0.2, -0.15) is 0 Å². The molecule has 1 saturated heterocycles. The predicted molar refractivity (Wildman–Crippen MR) is 92.5 cm³/mol. The largest absolute Gasteiger partial charge is 0.353 e. The third kappa shape index (κ3) is 4.47. The van der Waals surface area contributed by atoms with Crippen molar-refractivity contribution < 1.29 is 4.79 Å². The monoisotopic (exact) mass is 322 g/mol. The van der Waals surface area contributed by atoms with Gasteiger partial charge in [0.15, 0.2) is 0 Å². The molecular weight excluding hydrogens is 296 g/mol. The Morgan fingerprint density at radius 3 is 2.82 bits per heavy atom. The maximum Gasteiger partial charge on any atom is 0.220 e. The molecular formula is C18H27ClN2O. The van der Waals surface area contributed by atoms with Crippen LogP contribution in [-0.2, 0) is 17.6 Å². The molecule has 1 amide bonds. The quantitative estimate of drug-likeness (QED) is 0.898. The van der Waals surface area contributed by atoms with Gasteiger partial charge in [0.05, 0.1) is 0 Å². The zero-order valence-electron chi connectivity index (χ0n) is 13.3. The number of nitrogens with one attached hydrogen (secondary N) is 2. The fraction of sp³-hybridized carbons (Fsp3) is 0.611. The van der Waals surface area contributed by atoms with E-state index >= 15 is 0 Å². The van der Waals surface area contributed by atoms with E-state index in [4.69, 9.17) is 0 Å². The van der Waals surface area contributed by atoms with Crippen LogP contribution in [0.2, 0.25) is 0 Å². The molecule has 22 heavy (non-hydrogen) atoms. The van der Waals surface area contributed by atoms with Crippen LogP contribution in [0, 0.1) is 5.92 Å². The van der Waals surface area contributed by atoms with Gasteiger partial charge in [-0.05, 0) is 62.6 Å². The van der Waals surface area contributed by atoms with Crippen molar-refractivity contribution in [1.82, 2.24) is 10.6 Å². The number of hydrogen-bond donors (Lipinski definition) is 2. The molecule has 4 heteroatoms. The lowest BCUT2D eigenvalue weighted by Gasteiger charge is -2.30. The topological polar surface area (TPSA) is 41.1 Å². The van der Waals surface area contributed by atoms with E-state index in [1.165, 1.54) is 11.1 Å². The van der Waals surface area contributed by atoms with Crippen LogP contribution < -0.4 is 10.6 Å². The van der Waals surface area contributed by atoms with Crippen molar-refractivity contribution in [2.24, 2.45) is 5.92 Å². The van der Waals surface area contributed by atoms with Gasteiger partial charge >= 0.3 is 0 Å². The van der Waals surface area contributed by atoms with Crippen LogP contribution in [0.3, 0.4) is 0 Å². The summed E-state index contributed by atoms with van der Waals surface area (Å²) in [6, 6.07) is 9.55. The number of rotatable bonds is 3. The second-order valence-corrected chi connectivity index (χ2v) is 6.73. The highest BCUT2D eigenvalue weighted by Gasteiger charge is 2.24. The van der Waals surface area contributed by atoms with Crippen LogP contribution in [0.25, 0.3) is 0 Å². The molecule has 1 aromatic carbocycles. The first-order chi connectivity index (χ1) is 10.2. The van der Waals surface area contributed by atoms with E-state index in [1.54, 1.807) is 0 Å². The van der Waals surface area contributed by atoms with E-state index < -0.39 is 0 Å². The second-order valence-electron chi connectivity index (χ2n) is 6.73. The van der Waals surface area contributed by atoms with Gasteiger partial charge < -0.3 is 10.6 Å². The SMILES string of the molecule is CC1CC(NC(=O)CC2CCc3ccccc3C2)CCN1.Cl. The van der Waals surface area contributed by atoms with E-state index in [-0.39, 0.29) is 18.3 Å². The van der Waals surface area contributed by atoms with Crippen LogP contribution in [0.5, 0.6) is 0 Å². The van der Waals surface area contributed by atoms with Crippen LogP contribution in [0.4, 0.5) is 0 Å². The minimum absolute atomic E-state index is 0. The number of carbonyl (C=O) groups is 1. The summed E-state index contributed by atoms with van der Waals surface area (Å²) in [5.41, 5.74) is 2.92. The Morgan fingerprint density at radius 1 is 1.27 bits per heavy atom. The fourth-order valence-corrected chi connectivity index (χ4v) is 3.76. The van der Waals surface area contributed by atoms with Crippen LogP contribution in [0.15, 0.2) is 24.3 Å². The molecule has 0 saturated carbocycles. The van der Waals surface area contributed by atoms with Crippen LogP contribution >= 0.6 is 12.4 Å². The van der Waals surface area contributed by atoms with Gasteiger partial charge in [-0.25, -0.2) is 0 Å². The third-order valence-electron chi connectivity index (χ3n) is 4.91. The summed E-state index contributed by atoms with van der Waals surface area (Å²) in [4.78, 5) is 12.3. The molecule has 0 bridgehead atoms. The maximum absolute atomic E-state index is 12.3. The minimum Gasteiger partial charge on any atom is -0.353 e. The lowest BCUT2D eigenvalue weighted by molar-refractivity contribution is -0.123. The molecule has 3 nitrogen and oxygen atoms in total. The van der Waals surface area contributed by atoms with Gasteiger partial charge in [0.2, 0.25) is 5.91 Å². The number of hydrogen-bond acceptors (Lipinski definition) is 2. The lowest BCUT2D eigenvalue weighted by Crippen LogP contribution is -2.47. The molecule has 2 aliphatic rings. The minimum atomic E-state index is 0. The predicted octanol–water partition coefficient (Wildman–Crippen LogP) is 2.86. The first kappa shape index (κ1) is 17.3. The molecule has 2 N–H and O–H groups in total. The first-order valence-electron chi connectivity index (χ1n) is 8.30. The number of piperidine rings is 1. The van der Waals surface area contributed by atoms with Crippen LogP contribution in [-0.4, -0.2) is 24.5 Å². The van der Waals surface area contributed by atoms with Gasteiger partial charge in [-0.1, -0.05) is 24.3 Å². The Balaban J connectivity index is 0.00000176. The Labute approximate surface area is 139 Å². The van der Waals surface area contributed by atoms with E-state index in [0.717, 1.165) is 38.6 Å². The van der Waals surface area contributed by atoms with Gasteiger partial charge in [-0.15, -0.1) is 12.4 Å². The number of aryl methyl sites for hydroxylation is 1. The molecule has 1 aliphatic carbocycles. The highest BCUT2D eigenvalue weighted by atomic mass is 35.5. The molecule has 3 atom stereocenters. The lowest BCUT2D eigenvalue weighted by atomic mass is 9.82. The zero-order valence-corrected chi connectivity index (χ0v) is 14.1. The first-order valence-corrected chi connectivity index (χ1v) is 8.30. The molecule has 1 aliphatic heterocycles. The molecule has 1 aromatic rings. The van der Waals surface area contributed by atoms with E-state index in [2.05, 4.69) is 41.8 Å². The number of benzene rings is 1. The molecule has 3 unspecified atom stereocenters. The number of fused-ring (bicyclic) bond motifs is 1. The summed E-state index contributed by atoms with van der Waals surface area (Å²) in [5.74, 6) is 0.762. The van der Waals surface area contributed by atoms with Crippen molar-refractivity contribution in [3.8, 4) is 0 Å².